The molecule has 76 valence electrons. The summed E-state index contributed by atoms with van der Waals surface area (Å²) < 4.78 is 29.7. The van der Waals surface area contributed by atoms with E-state index < -0.39 is 16.3 Å². The highest BCUT2D eigenvalue weighted by molar-refractivity contribution is 7.88. The van der Waals surface area contributed by atoms with E-state index in [4.69, 9.17) is 0 Å². The summed E-state index contributed by atoms with van der Waals surface area (Å²) in [5.41, 5.74) is 0. The fourth-order valence-corrected chi connectivity index (χ4v) is 1.24. The van der Waals surface area contributed by atoms with Gasteiger partial charge in [0.2, 0.25) is 0 Å². The zero-order valence-electron chi connectivity index (χ0n) is 7.24. The molecule has 7 heteroatoms. The molecule has 0 atom stereocenters. The van der Waals surface area contributed by atoms with Gasteiger partial charge >= 0.3 is 16.3 Å². The summed E-state index contributed by atoms with van der Waals surface area (Å²) in [7, 11) is -2.71. The van der Waals surface area contributed by atoms with Gasteiger partial charge in [-0.2, -0.15) is 13.1 Å². The Hall–Kier alpha value is -1.08. The minimum absolute atomic E-state index is 0.190. The van der Waals surface area contributed by atoms with Gasteiger partial charge in [-0.05, 0) is 6.42 Å². The summed E-state index contributed by atoms with van der Waals surface area (Å²) in [5, 5.41) is 0. The number of nitrogens with one attached hydrogen (secondary N) is 2. The highest BCUT2D eigenvalue weighted by atomic mass is 32.2. The summed E-state index contributed by atoms with van der Waals surface area (Å²) in [6, 6.07) is 0. The number of amides is 1. The third kappa shape index (κ3) is 6.12. The highest BCUT2D eigenvalue weighted by Crippen LogP contribution is 1.82. The SMILES string of the molecule is C=CCCNS(=O)(=O)NC(=O)OC. The number of hydrogen-bond donors (Lipinski definition) is 2. The smallest absolute Gasteiger partial charge is 0.421 e. The first kappa shape index (κ1) is 11.9. The molecule has 2 N–H and O–H groups in total. The fraction of sp³-hybridized carbons (Fsp3) is 0.500. The van der Waals surface area contributed by atoms with Crippen LogP contribution in [-0.4, -0.2) is 28.2 Å². The molecule has 6 nitrogen and oxygen atoms in total. The summed E-state index contributed by atoms with van der Waals surface area (Å²) in [6.07, 6.45) is 1.02. The molecule has 0 bridgehead atoms. The lowest BCUT2D eigenvalue weighted by molar-refractivity contribution is 0.177. The molecule has 0 unspecified atom stereocenters. The van der Waals surface area contributed by atoms with Crippen LogP contribution in [0.2, 0.25) is 0 Å². The van der Waals surface area contributed by atoms with E-state index in [1.165, 1.54) is 0 Å². The second-order valence-electron chi connectivity index (χ2n) is 2.07. The van der Waals surface area contributed by atoms with Crippen LogP contribution in [0.25, 0.3) is 0 Å². The average molecular weight is 208 g/mol. The highest BCUT2D eigenvalue weighted by Gasteiger charge is 2.12. The van der Waals surface area contributed by atoms with E-state index in [1.807, 2.05) is 0 Å². The van der Waals surface area contributed by atoms with Gasteiger partial charge in [-0.15, -0.1) is 6.58 Å². The van der Waals surface area contributed by atoms with E-state index in [-0.39, 0.29) is 6.54 Å². The second kappa shape index (κ2) is 5.55. The van der Waals surface area contributed by atoms with Crippen molar-refractivity contribution in [1.29, 1.82) is 0 Å². The summed E-state index contributed by atoms with van der Waals surface area (Å²) >= 11 is 0. The van der Waals surface area contributed by atoms with Crippen LogP contribution in [0.1, 0.15) is 6.42 Å². The quantitative estimate of drug-likeness (QED) is 0.482. The molecule has 0 aromatic carbocycles. The Morgan fingerprint density at radius 2 is 2.23 bits per heavy atom. The van der Waals surface area contributed by atoms with Gasteiger partial charge in [-0.3, -0.25) is 0 Å². The van der Waals surface area contributed by atoms with E-state index in [1.54, 1.807) is 10.8 Å². The van der Waals surface area contributed by atoms with Gasteiger partial charge in [-0.25, -0.2) is 9.52 Å². The molecule has 13 heavy (non-hydrogen) atoms. The predicted octanol–water partition coefficient (Wildman–Crippen LogP) is -0.247. The van der Waals surface area contributed by atoms with Crippen LogP contribution < -0.4 is 9.44 Å². The third-order valence-corrected chi connectivity index (χ3v) is 2.06. The van der Waals surface area contributed by atoms with Crippen LogP contribution in [0.5, 0.6) is 0 Å². The molecule has 0 aliphatic carbocycles. The lowest BCUT2D eigenvalue weighted by Crippen LogP contribution is -2.40. The zero-order chi connectivity index (χ0) is 10.3. The van der Waals surface area contributed by atoms with Crippen molar-refractivity contribution in [2.24, 2.45) is 0 Å². The topological polar surface area (TPSA) is 84.5 Å². The predicted molar refractivity (Wildman–Crippen MR) is 47.3 cm³/mol. The molecule has 0 aromatic rings. The number of carbonyl (C=O) groups excluding carboxylic acids is 1. The average Bonchev–Trinajstić information content (AvgIpc) is 2.03. The van der Waals surface area contributed by atoms with Crippen molar-refractivity contribution in [1.82, 2.24) is 9.44 Å². The van der Waals surface area contributed by atoms with Gasteiger partial charge in [0.25, 0.3) is 0 Å². The molecule has 0 aromatic heterocycles. The summed E-state index contributed by atoms with van der Waals surface area (Å²) in [6.45, 7) is 3.60. The maximum absolute atomic E-state index is 10.9. The molecule has 0 spiro atoms. The van der Waals surface area contributed by atoms with Crippen molar-refractivity contribution in [3.05, 3.63) is 12.7 Å². The fourth-order valence-electron chi connectivity index (χ4n) is 0.483. The van der Waals surface area contributed by atoms with Gasteiger partial charge in [0.15, 0.2) is 0 Å². The molecular weight excluding hydrogens is 196 g/mol. The second-order valence-corrected chi connectivity index (χ2v) is 3.57. The molecule has 0 heterocycles. The first-order valence-electron chi connectivity index (χ1n) is 3.48. The van der Waals surface area contributed by atoms with Crippen LogP contribution in [0, 0.1) is 0 Å². The Morgan fingerprint density at radius 1 is 1.62 bits per heavy atom. The van der Waals surface area contributed by atoms with Crippen molar-refractivity contribution < 1.29 is 17.9 Å². The van der Waals surface area contributed by atoms with Crippen molar-refractivity contribution in [3.63, 3.8) is 0 Å². The maximum atomic E-state index is 10.9. The number of methoxy groups -OCH3 is 1. The van der Waals surface area contributed by atoms with Gasteiger partial charge in [0.1, 0.15) is 0 Å². The van der Waals surface area contributed by atoms with Crippen LogP contribution in [0.3, 0.4) is 0 Å². The van der Waals surface area contributed by atoms with Gasteiger partial charge in [0, 0.05) is 6.54 Å². The number of rotatable bonds is 5. The van der Waals surface area contributed by atoms with Crippen LogP contribution in [-0.2, 0) is 14.9 Å². The Labute approximate surface area is 77.1 Å². The molecular formula is C6H12N2O4S. The number of ether oxygens (including phenoxy) is 1. The lowest BCUT2D eigenvalue weighted by Gasteiger charge is -2.05. The number of hydrogen-bond acceptors (Lipinski definition) is 4. The van der Waals surface area contributed by atoms with Crippen LogP contribution >= 0.6 is 0 Å². The zero-order valence-corrected chi connectivity index (χ0v) is 8.06. The standard InChI is InChI=1S/C6H12N2O4S/c1-3-4-5-7-13(10,11)8-6(9)12-2/h3,7H,1,4-5H2,2H3,(H,8,9). The van der Waals surface area contributed by atoms with Crippen LogP contribution in [0.15, 0.2) is 12.7 Å². The first-order chi connectivity index (χ1) is 6.02. The minimum Gasteiger partial charge on any atom is -0.452 e. The van der Waals surface area contributed by atoms with E-state index >= 15 is 0 Å². The van der Waals surface area contributed by atoms with E-state index in [0.29, 0.717) is 6.42 Å². The molecule has 0 radical (unpaired) electrons. The van der Waals surface area contributed by atoms with Crippen molar-refractivity contribution >= 4 is 16.3 Å². The van der Waals surface area contributed by atoms with Crippen LogP contribution in [0.4, 0.5) is 4.79 Å². The van der Waals surface area contributed by atoms with E-state index in [9.17, 15) is 13.2 Å². The monoisotopic (exact) mass is 208 g/mol. The minimum atomic E-state index is -3.79. The molecule has 0 aliphatic heterocycles. The molecule has 1 amide bonds. The molecule has 0 saturated heterocycles. The largest absolute Gasteiger partial charge is 0.452 e. The Balaban J connectivity index is 3.94. The van der Waals surface area contributed by atoms with E-state index in [2.05, 4.69) is 16.0 Å². The summed E-state index contributed by atoms with van der Waals surface area (Å²) in [5.74, 6) is 0. The molecule has 0 fully saturated rings. The summed E-state index contributed by atoms with van der Waals surface area (Å²) in [4.78, 5) is 10.5. The third-order valence-electron chi connectivity index (χ3n) is 1.04. The van der Waals surface area contributed by atoms with Gasteiger partial charge in [-0.1, -0.05) is 6.08 Å². The van der Waals surface area contributed by atoms with E-state index in [0.717, 1.165) is 7.11 Å². The Kier molecular flexibility index (Phi) is 5.09. The van der Waals surface area contributed by atoms with Crippen molar-refractivity contribution in [2.45, 2.75) is 6.42 Å². The maximum Gasteiger partial charge on any atom is 0.421 e. The Morgan fingerprint density at radius 3 is 2.69 bits per heavy atom. The molecule has 0 saturated carbocycles. The lowest BCUT2D eigenvalue weighted by atomic mass is 10.4. The Bertz CT molecular complexity index is 272. The van der Waals surface area contributed by atoms with Gasteiger partial charge < -0.3 is 4.74 Å². The van der Waals surface area contributed by atoms with Gasteiger partial charge in [0.05, 0.1) is 7.11 Å². The first-order valence-corrected chi connectivity index (χ1v) is 4.96. The normalized spacial score (nSPS) is 10.5. The number of carbonyl (C=O) groups is 1. The van der Waals surface area contributed by atoms with Crippen molar-refractivity contribution in [2.75, 3.05) is 13.7 Å². The van der Waals surface area contributed by atoms with Crippen molar-refractivity contribution in [3.8, 4) is 0 Å². The molecule has 0 aliphatic rings. The molecule has 0 rings (SSSR count).